The predicted molar refractivity (Wildman–Crippen MR) is 83.2 cm³/mol. The van der Waals surface area contributed by atoms with E-state index >= 15 is 0 Å². The van der Waals surface area contributed by atoms with E-state index in [1.54, 1.807) is 19.1 Å². The number of rotatable bonds is 3. The maximum Gasteiger partial charge on any atom is 0.308 e. The number of likely N-dealkylation sites (tertiary alicyclic amines) is 1. The highest BCUT2D eigenvalue weighted by Crippen LogP contribution is 2.22. The van der Waals surface area contributed by atoms with E-state index in [-0.39, 0.29) is 35.3 Å². The number of amides is 1. The third-order valence-electron chi connectivity index (χ3n) is 3.66. The van der Waals surface area contributed by atoms with Gasteiger partial charge in [0.05, 0.1) is 10.8 Å². The van der Waals surface area contributed by atoms with E-state index in [4.69, 9.17) is 5.11 Å². The van der Waals surface area contributed by atoms with Crippen molar-refractivity contribution in [3.63, 3.8) is 0 Å². The third-order valence-corrected chi connectivity index (χ3v) is 4.90. The molecule has 0 aliphatic carbocycles. The summed E-state index contributed by atoms with van der Waals surface area (Å²) >= 11 is 0. The van der Waals surface area contributed by atoms with Crippen molar-refractivity contribution in [2.45, 2.75) is 18.2 Å². The normalized spacial score (nSPS) is 17.9. The van der Waals surface area contributed by atoms with Crippen LogP contribution in [0, 0.1) is 12.8 Å². The van der Waals surface area contributed by atoms with Crippen LogP contribution in [0.25, 0.3) is 0 Å². The van der Waals surface area contributed by atoms with Gasteiger partial charge in [0, 0.05) is 24.9 Å². The van der Waals surface area contributed by atoms with Crippen molar-refractivity contribution in [1.82, 2.24) is 4.90 Å². The third kappa shape index (κ3) is 3.78. The van der Waals surface area contributed by atoms with Gasteiger partial charge in [-0.1, -0.05) is 6.07 Å². The van der Waals surface area contributed by atoms with E-state index in [1.807, 2.05) is 0 Å². The van der Waals surface area contributed by atoms with Crippen molar-refractivity contribution in [1.29, 1.82) is 0 Å². The van der Waals surface area contributed by atoms with Gasteiger partial charge >= 0.3 is 5.97 Å². The average Bonchev–Trinajstić information content (AvgIpc) is 2.86. The molecule has 0 saturated carbocycles. The number of carbonyl (C=O) groups excluding carboxylic acids is 1. The van der Waals surface area contributed by atoms with Gasteiger partial charge < -0.3 is 10.0 Å². The lowest BCUT2D eigenvalue weighted by Gasteiger charge is -2.16. The van der Waals surface area contributed by atoms with Crippen LogP contribution < -0.4 is 0 Å². The van der Waals surface area contributed by atoms with Gasteiger partial charge in [-0.05, 0) is 31.0 Å². The molecule has 1 N–H and O–H groups in total. The van der Waals surface area contributed by atoms with Crippen LogP contribution in [-0.2, 0) is 14.6 Å². The standard InChI is InChI=1S/C14H17NO5S.ClH/c1-9-3-4-10(7-12(9)21(2,19)20)13(16)15-6-5-11(8-15)14(17)18;/h3-4,7,11H,5-6,8H2,1-2H3,(H,17,18);1H. The molecule has 2 rings (SSSR count). The molecule has 0 aromatic heterocycles. The first kappa shape index (κ1) is 18.4. The quantitative estimate of drug-likeness (QED) is 0.891. The Bertz CT molecular complexity index is 701. The minimum absolute atomic E-state index is 0. The minimum atomic E-state index is -3.40. The Morgan fingerprint density at radius 1 is 1.32 bits per heavy atom. The molecule has 8 heteroatoms. The number of halogens is 1. The summed E-state index contributed by atoms with van der Waals surface area (Å²) < 4.78 is 23.4. The number of hydrogen-bond acceptors (Lipinski definition) is 4. The Morgan fingerprint density at radius 2 is 1.95 bits per heavy atom. The molecule has 1 aromatic rings. The zero-order valence-corrected chi connectivity index (χ0v) is 13.9. The van der Waals surface area contributed by atoms with E-state index in [1.165, 1.54) is 11.0 Å². The molecule has 1 amide bonds. The van der Waals surface area contributed by atoms with E-state index in [0.29, 0.717) is 18.5 Å². The highest BCUT2D eigenvalue weighted by atomic mass is 35.5. The summed E-state index contributed by atoms with van der Waals surface area (Å²) in [7, 11) is -3.40. The largest absolute Gasteiger partial charge is 0.481 e. The van der Waals surface area contributed by atoms with Crippen molar-refractivity contribution in [2.75, 3.05) is 19.3 Å². The van der Waals surface area contributed by atoms with Gasteiger partial charge in [-0.25, -0.2) is 8.42 Å². The maximum atomic E-state index is 12.3. The molecule has 1 unspecified atom stereocenters. The monoisotopic (exact) mass is 347 g/mol. The molecule has 0 radical (unpaired) electrons. The molecule has 1 atom stereocenters. The Balaban J connectivity index is 0.00000242. The first-order valence-electron chi connectivity index (χ1n) is 6.53. The van der Waals surface area contributed by atoms with Crippen molar-refractivity contribution in [3.8, 4) is 0 Å². The molecule has 1 aliphatic heterocycles. The second-order valence-corrected chi connectivity index (χ2v) is 7.31. The Hall–Kier alpha value is -1.60. The summed E-state index contributed by atoms with van der Waals surface area (Å²) in [6, 6.07) is 4.52. The lowest BCUT2D eigenvalue weighted by atomic mass is 10.1. The van der Waals surface area contributed by atoms with Crippen LogP contribution >= 0.6 is 12.4 Å². The van der Waals surface area contributed by atoms with Crippen LogP contribution in [0.15, 0.2) is 23.1 Å². The number of aryl methyl sites for hydroxylation is 1. The summed E-state index contributed by atoms with van der Waals surface area (Å²) in [6.45, 7) is 2.20. The van der Waals surface area contributed by atoms with Gasteiger partial charge in [-0.2, -0.15) is 0 Å². The van der Waals surface area contributed by atoms with Crippen molar-refractivity contribution in [3.05, 3.63) is 29.3 Å². The lowest BCUT2D eigenvalue weighted by Crippen LogP contribution is -2.30. The van der Waals surface area contributed by atoms with Gasteiger partial charge in [0.15, 0.2) is 9.84 Å². The van der Waals surface area contributed by atoms with Crippen LogP contribution in [0.5, 0.6) is 0 Å². The lowest BCUT2D eigenvalue weighted by molar-refractivity contribution is -0.141. The molecule has 0 bridgehead atoms. The van der Waals surface area contributed by atoms with Crippen molar-refractivity contribution in [2.24, 2.45) is 5.92 Å². The van der Waals surface area contributed by atoms with E-state index in [2.05, 4.69) is 0 Å². The number of aliphatic carboxylic acids is 1. The number of hydrogen-bond donors (Lipinski definition) is 1. The fourth-order valence-corrected chi connectivity index (χ4v) is 3.46. The summed E-state index contributed by atoms with van der Waals surface area (Å²) in [6.07, 6.45) is 1.52. The second-order valence-electron chi connectivity index (χ2n) is 5.33. The molecular weight excluding hydrogens is 330 g/mol. The van der Waals surface area contributed by atoms with Crippen LogP contribution in [0.2, 0.25) is 0 Å². The van der Waals surface area contributed by atoms with Crippen molar-refractivity contribution >= 4 is 34.1 Å². The van der Waals surface area contributed by atoms with E-state index < -0.39 is 21.7 Å². The summed E-state index contributed by atoms with van der Waals surface area (Å²) in [5.41, 5.74) is 0.853. The van der Waals surface area contributed by atoms with E-state index in [0.717, 1.165) is 6.26 Å². The molecule has 1 heterocycles. The summed E-state index contributed by atoms with van der Waals surface area (Å²) in [5.74, 6) is -1.79. The molecular formula is C14H18ClNO5S. The van der Waals surface area contributed by atoms with Crippen LogP contribution in [0.1, 0.15) is 22.3 Å². The van der Waals surface area contributed by atoms with Crippen molar-refractivity contribution < 1.29 is 23.1 Å². The number of carbonyl (C=O) groups is 2. The van der Waals surface area contributed by atoms with Gasteiger partial charge in [-0.3, -0.25) is 9.59 Å². The van der Waals surface area contributed by atoms with Gasteiger partial charge in [-0.15, -0.1) is 12.4 Å². The first-order valence-corrected chi connectivity index (χ1v) is 8.42. The first-order chi connectivity index (χ1) is 9.70. The summed E-state index contributed by atoms with van der Waals surface area (Å²) in [4.78, 5) is 24.8. The minimum Gasteiger partial charge on any atom is -0.481 e. The summed E-state index contributed by atoms with van der Waals surface area (Å²) in [5, 5.41) is 8.95. The molecule has 6 nitrogen and oxygen atoms in total. The number of nitrogens with zero attached hydrogens (tertiary/aromatic N) is 1. The van der Waals surface area contributed by atoms with Crippen LogP contribution in [0.3, 0.4) is 0 Å². The predicted octanol–water partition coefficient (Wildman–Crippen LogP) is 1.37. The zero-order chi connectivity index (χ0) is 15.8. The van der Waals surface area contributed by atoms with Gasteiger partial charge in [0.25, 0.3) is 5.91 Å². The second kappa shape index (κ2) is 6.66. The van der Waals surface area contributed by atoms with Crippen LogP contribution in [-0.4, -0.2) is 49.6 Å². The maximum absolute atomic E-state index is 12.3. The Morgan fingerprint density at radius 3 is 2.45 bits per heavy atom. The zero-order valence-electron chi connectivity index (χ0n) is 12.3. The molecule has 1 aromatic carbocycles. The number of carboxylic acids is 1. The smallest absolute Gasteiger partial charge is 0.308 e. The fourth-order valence-electron chi connectivity index (χ4n) is 2.46. The molecule has 1 fully saturated rings. The van der Waals surface area contributed by atoms with Gasteiger partial charge in [0.2, 0.25) is 0 Å². The van der Waals surface area contributed by atoms with E-state index in [9.17, 15) is 18.0 Å². The van der Waals surface area contributed by atoms with Gasteiger partial charge in [0.1, 0.15) is 0 Å². The Labute approximate surface area is 135 Å². The number of carboxylic acid groups (broad SMARTS) is 1. The topological polar surface area (TPSA) is 91.8 Å². The van der Waals surface area contributed by atoms with Crippen LogP contribution in [0.4, 0.5) is 0 Å². The number of sulfone groups is 1. The highest BCUT2D eigenvalue weighted by Gasteiger charge is 2.31. The molecule has 1 saturated heterocycles. The Kier molecular flexibility index (Phi) is 5.59. The molecule has 0 spiro atoms. The number of benzene rings is 1. The average molecular weight is 348 g/mol. The fraction of sp³-hybridized carbons (Fsp3) is 0.429. The SMILES string of the molecule is Cc1ccc(C(=O)N2CCC(C(=O)O)C2)cc1S(C)(=O)=O.Cl. The molecule has 22 heavy (non-hydrogen) atoms. The molecule has 1 aliphatic rings. The highest BCUT2D eigenvalue weighted by molar-refractivity contribution is 7.90. The molecule has 122 valence electrons.